The zero-order valence-electron chi connectivity index (χ0n) is 10.8. The second kappa shape index (κ2) is 6.38. The lowest BCUT2D eigenvalue weighted by atomic mass is 10.1. The molecular weight excluding hydrogens is 260 g/mol. The normalized spacial score (nSPS) is 10.4. The highest BCUT2D eigenvalue weighted by atomic mass is 32.1. The molecule has 0 aliphatic rings. The smallest absolute Gasteiger partial charge is 0.307 e. The lowest BCUT2D eigenvalue weighted by molar-refractivity contribution is -0.136. The molecule has 4 heteroatoms. The second-order valence-electron chi connectivity index (χ2n) is 4.23. The van der Waals surface area contributed by atoms with Gasteiger partial charge in [0.05, 0.1) is 6.42 Å². The van der Waals surface area contributed by atoms with Crippen LogP contribution in [0.1, 0.15) is 22.2 Å². The minimum Gasteiger partial charge on any atom is -0.488 e. The van der Waals surface area contributed by atoms with Crippen LogP contribution in [-0.2, 0) is 24.2 Å². The van der Waals surface area contributed by atoms with E-state index >= 15 is 0 Å². The van der Waals surface area contributed by atoms with Crippen LogP contribution >= 0.6 is 11.3 Å². The highest BCUT2D eigenvalue weighted by Gasteiger charge is 2.03. The third kappa shape index (κ3) is 4.10. The van der Waals surface area contributed by atoms with Gasteiger partial charge in [0.1, 0.15) is 12.4 Å². The van der Waals surface area contributed by atoms with Gasteiger partial charge in [-0.3, -0.25) is 4.79 Å². The van der Waals surface area contributed by atoms with E-state index in [2.05, 4.69) is 19.1 Å². The minimum atomic E-state index is -0.831. The van der Waals surface area contributed by atoms with Crippen LogP contribution in [0.3, 0.4) is 0 Å². The van der Waals surface area contributed by atoms with E-state index in [-0.39, 0.29) is 6.42 Å². The number of carboxylic acids is 1. The molecule has 1 heterocycles. The van der Waals surface area contributed by atoms with E-state index in [0.717, 1.165) is 12.0 Å². The van der Waals surface area contributed by atoms with Gasteiger partial charge in [0.25, 0.3) is 0 Å². The lowest BCUT2D eigenvalue weighted by Crippen LogP contribution is -2.00. The number of aliphatic carboxylic acids is 1. The largest absolute Gasteiger partial charge is 0.488 e. The summed E-state index contributed by atoms with van der Waals surface area (Å²) in [5.41, 5.74) is 0.755. The number of carboxylic acid groups (broad SMARTS) is 1. The maximum atomic E-state index is 10.7. The highest BCUT2D eigenvalue weighted by molar-refractivity contribution is 7.11. The van der Waals surface area contributed by atoms with Crippen molar-refractivity contribution in [3.63, 3.8) is 0 Å². The van der Waals surface area contributed by atoms with Crippen LogP contribution in [-0.4, -0.2) is 11.1 Å². The number of rotatable bonds is 6. The molecule has 0 bridgehead atoms. The molecule has 1 aromatic carbocycles. The molecule has 19 heavy (non-hydrogen) atoms. The highest BCUT2D eigenvalue weighted by Crippen LogP contribution is 2.20. The van der Waals surface area contributed by atoms with Gasteiger partial charge in [0.2, 0.25) is 0 Å². The predicted molar refractivity (Wildman–Crippen MR) is 75.8 cm³/mol. The van der Waals surface area contributed by atoms with Crippen molar-refractivity contribution < 1.29 is 14.6 Å². The summed E-state index contributed by atoms with van der Waals surface area (Å²) >= 11 is 1.75. The number of ether oxygens (including phenoxy) is 1. The van der Waals surface area contributed by atoms with E-state index in [0.29, 0.717) is 12.4 Å². The SMILES string of the molecule is CCc1ccc(COc2cccc(CC(=O)O)c2)s1. The summed E-state index contributed by atoms with van der Waals surface area (Å²) in [5, 5.41) is 8.76. The van der Waals surface area contributed by atoms with Crippen molar-refractivity contribution in [3.8, 4) is 5.75 Å². The number of hydrogen-bond donors (Lipinski definition) is 1. The lowest BCUT2D eigenvalue weighted by Gasteiger charge is -2.06. The van der Waals surface area contributed by atoms with Gasteiger partial charge in [-0.2, -0.15) is 0 Å². The zero-order chi connectivity index (χ0) is 13.7. The van der Waals surface area contributed by atoms with Crippen molar-refractivity contribution in [1.82, 2.24) is 0 Å². The van der Waals surface area contributed by atoms with Crippen molar-refractivity contribution in [2.45, 2.75) is 26.4 Å². The first-order valence-electron chi connectivity index (χ1n) is 6.18. The van der Waals surface area contributed by atoms with Gasteiger partial charge in [0.15, 0.2) is 0 Å². The molecule has 2 aromatic rings. The number of aryl methyl sites for hydroxylation is 1. The van der Waals surface area contributed by atoms with Gasteiger partial charge in [-0.25, -0.2) is 0 Å². The van der Waals surface area contributed by atoms with Crippen molar-refractivity contribution in [2.75, 3.05) is 0 Å². The minimum absolute atomic E-state index is 0.0240. The first-order chi connectivity index (χ1) is 9.17. The van der Waals surface area contributed by atoms with Crippen molar-refractivity contribution in [1.29, 1.82) is 0 Å². The monoisotopic (exact) mass is 276 g/mol. The molecule has 100 valence electrons. The fraction of sp³-hybridized carbons (Fsp3) is 0.267. The maximum absolute atomic E-state index is 10.7. The summed E-state index contributed by atoms with van der Waals surface area (Å²) in [4.78, 5) is 13.2. The molecule has 1 aromatic heterocycles. The van der Waals surface area contributed by atoms with E-state index in [1.54, 1.807) is 23.5 Å². The van der Waals surface area contributed by atoms with E-state index < -0.39 is 5.97 Å². The first-order valence-corrected chi connectivity index (χ1v) is 7.00. The molecular formula is C15H16O3S. The molecule has 0 unspecified atom stereocenters. The van der Waals surface area contributed by atoms with Crippen LogP contribution in [0.25, 0.3) is 0 Å². The molecule has 0 fully saturated rings. The van der Waals surface area contributed by atoms with E-state index in [1.807, 2.05) is 12.1 Å². The average Bonchev–Trinajstić information content (AvgIpc) is 2.84. The van der Waals surface area contributed by atoms with Crippen LogP contribution in [0.5, 0.6) is 5.75 Å². The summed E-state index contributed by atoms with van der Waals surface area (Å²) in [5.74, 6) is -0.117. The van der Waals surface area contributed by atoms with Crippen molar-refractivity contribution in [2.24, 2.45) is 0 Å². The van der Waals surface area contributed by atoms with Crippen LogP contribution in [0.15, 0.2) is 36.4 Å². The zero-order valence-corrected chi connectivity index (χ0v) is 11.6. The third-order valence-electron chi connectivity index (χ3n) is 2.70. The van der Waals surface area contributed by atoms with Gasteiger partial charge in [-0.15, -0.1) is 11.3 Å². The number of thiophene rings is 1. The number of carbonyl (C=O) groups is 1. The Morgan fingerprint density at radius 3 is 2.74 bits per heavy atom. The maximum Gasteiger partial charge on any atom is 0.307 e. The fourth-order valence-electron chi connectivity index (χ4n) is 1.76. The molecule has 1 N–H and O–H groups in total. The van der Waals surface area contributed by atoms with Gasteiger partial charge in [0, 0.05) is 9.75 Å². The van der Waals surface area contributed by atoms with Gasteiger partial charge in [-0.1, -0.05) is 19.1 Å². The summed E-state index contributed by atoms with van der Waals surface area (Å²) in [6.45, 7) is 2.66. The Kier molecular flexibility index (Phi) is 4.58. The van der Waals surface area contributed by atoms with Crippen LogP contribution in [0, 0.1) is 0 Å². The Balaban J connectivity index is 1.97. The molecule has 0 atom stereocenters. The molecule has 3 nitrogen and oxygen atoms in total. The molecule has 0 aliphatic heterocycles. The summed E-state index contributed by atoms with van der Waals surface area (Å²) in [6.07, 6.45) is 1.06. The Labute approximate surface area is 116 Å². The fourth-order valence-corrected chi connectivity index (χ4v) is 2.64. The Bertz CT molecular complexity index is 560. The molecule has 0 saturated carbocycles. The van der Waals surface area contributed by atoms with Gasteiger partial charge >= 0.3 is 5.97 Å². The average molecular weight is 276 g/mol. The van der Waals surface area contributed by atoms with Crippen LogP contribution in [0.4, 0.5) is 0 Å². The first kappa shape index (κ1) is 13.6. The summed E-state index contributed by atoms with van der Waals surface area (Å²) in [7, 11) is 0. The van der Waals surface area contributed by atoms with Crippen LogP contribution < -0.4 is 4.74 Å². The van der Waals surface area contributed by atoms with E-state index in [9.17, 15) is 4.79 Å². The quantitative estimate of drug-likeness (QED) is 0.878. The van der Waals surface area contributed by atoms with E-state index in [1.165, 1.54) is 9.75 Å². The third-order valence-corrected chi connectivity index (χ3v) is 3.90. The Morgan fingerprint density at radius 2 is 2.05 bits per heavy atom. The summed E-state index contributed by atoms with van der Waals surface area (Å²) in [6, 6.07) is 11.4. The Morgan fingerprint density at radius 1 is 1.26 bits per heavy atom. The number of benzene rings is 1. The molecule has 0 saturated heterocycles. The van der Waals surface area contributed by atoms with Gasteiger partial charge in [-0.05, 0) is 36.2 Å². The topological polar surface area (TPSA) is 46.5 Å². The summed E-state index contributed by atoms with van der Waals surface area (Å²) < 4.78 is 5.69. The number of hydrogen-bond acceptors (Lipinski definition) is 3. The molecule has 0 spiro atoms. The second-order valence-corrected chi connectivity index (χ2v) is 5.48. The molecule has 0 amide bonds. The van der Waals surface area contributed by atoms with E-state index in [4.69, 9.17) is 9.84 Å². The molecule has 0 aliphatic carbocycles. The standard InChI is InChI=1S/C15H16O3S/c1-2-13-6-7-14(19-13)10-18-12-5-3-4-11(8-12)9-15(16)17/h3-8H,2,9-10H2,1H3,(H,16,17). The van der Waals surface area contributed by atoms with Gasteiger partial charge < -0.3 is 9.84 Å². The predicted octanol–water partition coefficient (Wildman–Crippen LogP) is 3.52. The van der Waals surface area contributed by atoms with Crippen molar-refractivity contribution >= 4 is 17.3 Å². The molecule has 0 radical (unpaired) electrons. The van der Waals surface area contributed by atoms with Crippen LogP contribution in [0.2, 0.25) is 0 Å². The van der Waals surface area contributed by atoms with Crippen molar-refractivity contribution in [3.05, 3.63) is 51.7 Å². The molecule has 2 rings (SSSR count). The Hall–Kier alpha value is -1.81.